The average molecular weight is 330 g/mol. The van der Waals surface area contributed by atoms with Crippen LogP contribution in [0.3, 0.4) is 0 Å². The summed E-state index contributed by atoms with van der Waals surface area (Å²) in [5.41, 5.74) is 6.79. The molecule has 0 aliphatic carbocycles. The van der Waals surface area contributed by atoms with Gasteiger partial charge in [0.25, 0.3) is 0 Å². The van der Waals surface area contributed by atoms with Crippen LogP contribution in [0.15, 0.2) is 36.5 Å². The second-order valence-corrected chi connectivity index (χ2v) is 5.71. The molecule has 6 nitrogen and oxygen atoms in total. The Balaban J connectivity index is 2.08. The van der Waals surface area contributed by atoms with E-state index in [0.29, 0.717) is 24.6 Å². The molecule has 0 aliphatic rings. The van der Waals surface area contributed by atoms with E-state index in [2.05, 4.69) is 22.2 Å². The molecule has 0 saturated heterocycles. The zero-order valence-corrected chi connectivity index (χ0v) is 14.1. The van der Waals surface area contributed by atoms with Crippen LogP contribution in [0.5, 0.6) is 5.75 Å². The van der Waals surface area contributed by atoms with Gasteiger partial charge < -0.3 is 20.9 Å². The first-order chi connectivity index (χ1) is 11.7. The van der Waals surface area contributed by atoms with Gasteiger partial charge in [-0.25, -0.2) is 4.98 Å². The lowest BCUT2D eigenvalue weighted by molar-refractivity contribution is 0.275. The van der Waals surface area contributed by atoms with Crippen molar-refractivity contribution in [3.8, 4) is 5.75 Å². The number of nitrogen functional groups attached to an aromatic ring is 1. The van der Waals surface area contributed by atoms with E-state index in [1.54, 1.807) is 6.20 Å². The molecule has 1 atom stereocenters. The maximum atomic E-state index is 9.26. The van der Waals surface area contributed by atoms with Crippen molar-refractivity contribution in [3.63, 3.8) is 0 Å². The van der Waals surface area contributed by atoms with E-state index in [-0.39, 0.29) is 18.6 Å². The third-order valence-corrected chi connectivity index (χ3v) is 3.74. The summed E-state index contributed by atoms with van der Waals surface area (Å²) in [6, 6.07) is 10.0. The highest BCUT2D eigenvalue weighted by atomic mass is 16.5. The topological polar surface area (TPSA) is 93.3 Å². The predicted molar refractivity (Wildman–Crippen MR) is 95.9 cm³/mol. The van der Waals surface area contributed by atoms with Crippen LogP contribution in [0.1, 0.15) is 38.2 Å². The molecule has 1 aromatic heterocycles. The first-order valence-electron chi connectivity index (χ1n) is 8.39. The summed E-state index contributed by atoms with van der Waals surface area (Å²) >= 11 is 0. The van der Waals surface area contributed by atoms with E-state index in [9.17, 15) is 5.11 Å². The molecule has 2 aromatic rings. The summed E-state index contributed by atoms with van der Waals surface area (Å²) in [5, 5.41) is 12.6. The second kappa shape index (κ2) is 9.72. The Bertz CT molecular complexity index is 607. The molecule has 6 heteroatoms. The number of anilines is 2. The molecule has 0 radical (unpaired) electrons. The van der Waals surface area contributed by atoms with Gasteiger partial charge in [-0.15, -0.1) is 0 Å². The van der Waals surface area contributed by atoms with Crippen molar-refractivity contribution in [2.45, 2.75) is 45.3 Å². The van der Waals surface area contributed by atoms with Crippen LogP contribution in [-0.2, 0) is 6.61 Å². The van der Waals surface area contributed by atoms with Crippen molar-refractivity contribution in [2.24, 2.45) is 0 Å². The number of benzene rings is 1. The smallest absolute Gasteiger partial charge is 0.222 e. The van der Waals surface area contributed by atoms with Gasteiger partial charge in [-0.1, -0.05) is 50.1 Å². The zero-order valence-electron chi connectivity index (χ0n) is 14.1. The Kier molecular flexibility index (Phi) is 7.29. The lowest BCUT2D eigenvalue weighted by Crippen LogP contribution is -2.22. The average Bonchev–Trinajstić information content (AvgIpc) is 2.60. The number of ether oxygens (including phenoxy) is 1. The van der Waals surface area contributed by atoms with Crippen LogP contribution in [-0.4, -0.2) is 27.7 Å². The zero-order chi connectivity index (χ0) is 17.2. The molecule has 0 unspecified atom stereocenters. The van der Waals surface area contributed by atoms with Gasteiger partial charge in [-0.05, 0) is 18.4 Å². The first-order valence-corrected chi connectivity index (χ1v) is 8.39. The predicted octanol–water partition coefficient (Wildman–Crippen LogP) is 2.99. The van der Waals surface area contributed by atoms with Crippen LogP contribution < -0.4 is 15.8 Å². The molecule has 130 valence electrons. The molecule has 0 amide bonds. The molecule has 0 spiro atoms. The van der Waals surface area contributed by atoms with Crippen molar-refractivity contribution in [1.82, 2.24) is 9.97 Å². The minimum atomic E-state index is 0.127. The minimum Gasteiger partial charge on any atom is -0.483 e. The largest absolute Gasteiger partial charge is 0.483 e. The van der Waals surface area contributed by atoms with Crippen molar-refractivity contribution in [3.05, 3.63) is 42.1 Å². The molecule has 24 heavy (non-hydrogen) atoms. The number of unbranched alkanes of at least 4 members (excludes halogenated alkanes) is 1. The van der Waals surface area contributed by atoms with Crippen molar-refractivity contribution in [2.75, 3.05) is 17.7 Å². The Hall–Kier alpha value is -2.34. The molecule has 1 aromatic carbocycles. The van der Waals surface area contributed by atoms with Gasteiger partial charge in [0, 0.05) is 12.6 Å². The normalized spacial score (nSPS) is 11.9. The SMILES string of the molecule is CCCC[C@H](CCO)Nc1nc(N)ncc1OCc1ccccc1. The van der Waals surface area contributed by atoms with Gasteiger partial charge >= 0.3 is 0 Å². The summed E-state index contributed by atoms with van der Waals surface area (Å²) in [7, 11) is 0. The third-order valence-electron chi connectivity index (χ3n) is 3.74. The Morgan fingerprint density at radius 3 is 2.75 bits per heavy atom. The quantitative estimate of drug-likeness (QED) is 0.620. The van der Waals surface area contributed by atoms with Gasteiger partial charge in [-0.2, -0.15) is 4.98 Å². The number of aromatic nitrogens is 2. The van der Waals surface area contributed by atoms with E-state index < -0.39 is 0 Å². The number of aliphatic hydroxyl groups excluding tert-OH is 1. The van der Waals surface area contributed by atoms with E-state index in [4.69, 9.17) is 10.5 Å². The fourth-order valence-electron chi connectivity index (χ4n) is 2.42. The number of nitrogens with zero attached hydrogens (tertiary/aromatic N) is 2. The molecule has 2 rings (SSSR count). The first kappa shape index (κ1) is 18.0. The molecular formula is C18H26N4O2. The molecule has 0 fully saturated rings. The van der Waals surface area contributed by atoms with Crippen LogP contribution >= 0.6 is 0 Å². The van der Waals surface area contributed by atoms with Crippen molar-refractivity contribution in [1.29, 1.82) is 0 Å². The molecule has 0 aliphatic heterocycles. The van der Waals surface area contributed by atoms with Crippen LogP contribution in [0.4, 0.5) is 11.8 Å². The summed E-state index contributed by atoms with van der Waals surface area (Å²) in [5.74, 6) is 1.34. The van der Waals surface area contributed by atoms with E-state index >= 15 is 0 Å². The molecule has 4 N–H and O–H groups in total. The lowest BCUT2D eigenvalue weighted by Gasteiger charge is -2.20. The van der Waals surface area contributed by atoms with Crippen LogP contribution in [0.2, 0.25) is 0 Å². The summed E-state index contributed by atoms with van der Waals surface area (Å²) in [6.07, 6.45) is 5.38. The summed E-state index contributed by atoms with van der Waals surface area (Å²) in [6.45, 7) is 2.71. The Labute approximate surface area is 143 Å². The molecule has 0 bridgehead atoms. The molecule has 1 heterocycles. The van der Waals surface area contributed by atoms with E-state index in [1.165, 1.54) is 0 Å². The van der Waals surface area contributed by atoms with Crippen LogP contribution in [0.25, 0.3) is 0 Å². The second-order valence-electron chi connectivity index (χ2n) is 5.71. The highest BCUT2D eigenvalue weighted by Gasteiger charge is 2.14. The highest BCUT2D eigenvalue weighted by Crippen LogP contribution is 2.25. The number of rotatable bonds is 10. The van der Waals surface area contributed by atoms with E-state index in [0.717, 1.165) is 24.8 Å². The fourth-order valence-corrected chi connectivity index (χ4v) is 2.42. The minimum absolute atomic E-state index is 0.127. The number of hydrogen-bond donors (Lipinski definition) is 3. The van der Waals surface area contributed by atoms with Crippen molar-refractivity contribution >= 4 is 11.8 Å². The van der Waals surface area contributed by atoms with Gasteiger partial charge in [0.15, 0.2) is 11.6 Å². The molecule has 0 saturated carbocycles. The van der Waals surface area contributed by atoms with Gasteiger partial charge in [0.2, 0.25) is 5.95 Å². The number of hydrogen-bond acceptors (Lipinski definition) is 6. The van der Waals surface area contributed by atoms with Crippen LogP contribution in [0, 0.1) is 0 Å². The Morgan fingerprint density at radius 1 is 1.25 bits per heavy atom. The highest BCUT2D eigenvalue weighted by molar-refractivity contribution is 5.51. The standard InChI is InChI=1S/C18H26N4O2/c1-2-3-9-15(10-11-23)21-17-16(12-20-18(19)22-17)24-13-14-7-5-4-6-8-14/h4-8,12,15,23H,2-3,9-11,13H2,1H3,(H3,19,20,21,22)/t15-/m1/s1. The molecular weight excluding hydrogens is 304 g/mol. The Morgan fingerprint density at radius 2 is 2.04 bits per heavy atom. The van der Waals surface area contributed by atoms with Gasteiger partial charge in [0.1, 0.15) is 6.61 Å². The van der Waals surface area contributed by atoms with Gasteiger partial charge in [-0.3, -0.25) is 0 Å². The number of nitrogens with two attached hydrogens (primary N) is 1. The monoisotopic (exact) mass is 330 g/mol. The lowest BCUT2D eigenvalue weighted by atomic mass is 10.1. The maximum absolute atomic E-state index is 9.26. The third kappa shape index (κ3) is 5.70. The summed E-state index contributed by atoms with van der Waals surface area (Å²) in [4.78, 5) is 8.28. The number of nitrogens with one attached hydrogen (secondary N) is 1. The number of aliphatic hydroxyl groups is 1. The summed E-state index contributed by atoms with van der Waals surface area (Å²) < 4.78 is 5.86. The fraction of sp³-hybridized carbons (Fsp3) is 0.444. The van der Waals surface area contributed by atoms with Crippen molar-refractivity contribution < 1.29 is 9.84 Å². The van der Waals surface area contributed by atoms with Gasteiger partial charge in [0.05, 0.1) is 6.20 Å². The van der Waals surface area contributed by atoms with E-state index in [1.807, 2.05) is 30.3 Å². The maximum Gasteiger partial charge on any atom is 0.222 e.